The van der Waals surface area contributed by atoms with E-state index in [0.717, 1.165) is 30.7 Å². The summed E-state index contributed by atoms with van der Waals surface area (Å²) in [5.74, 6) is -0.963. The van der Waals surface area contributed by atoms with Crippen molar-refractivity contribution >= 4 is 41.6 Å². The summed E-state index contributed by atoms with van der Waals surface area (Å²) in [5.41, 5.74) is 2.33. The third-order valence-electron chi connectivity index (χ3n) is 4.43. The second-order valence-electron chi connectivity index (χ2n) is 6.29. The van der Waals surface area contributed by atoms with Gasteiger partial charge in [0.05, 0.1) is 6.42 Å². The number of carbonyl (C=O) groups is 1. The summed E-state index contributed by atoms with van der Waals surface area (Å²) in [7, 11) is 0. The van der Waals surface area contributed by atoms with E-state index < -0.39 is 5.97 Å². The number of carboxylic acids is 1. The van der Waals surface area contributed by atoms with Gasteiger partial charge < -0.3 is 5.11 Å². The van der Waals surface area contributed by atoms with Crippen LogP contribution >= 0.6 is 23.5 Å². The van der Waals surface area contributed by atoms with Gasteiger partial charge in [0.25, 0.3) is 0 Å². The standard InChI is InChI=1S/C23H18O2S2/c24-23(25)15-18(21-13-5-9-16-7-1-3-11-19(16)26-21)22-14-6-10-17-8-2-4-12-20(17)27-22/h1-14,18H,15H2,(H,24,25). The Morgan fingerprint density at radius 1 is 0.815 bits per heavy atom. The first kappa shape index (κ1) is 18.0. The van der Waals surface area contributed by atoms with Crippen molar-refractivity contribution in [3.8, 4) is 0 Å². The van der Waals surface area contributed by atoms with Crippen LogP contribution in [0, 0.1) is 5.92 Å². The minimum atomic E-state index is -0.786. The number of fused-ring (bicyclic) bond motifs is 2. The van der Waals surface area contributed by atoms with Crippen LogP contribution < -0.4 is 0 Å². The number of hydrogen-bond donors (Lipinski definition) is 1. The van der Waals surface area contributed by atoms with E-state index in [1.165, 1.54) is 0 Å². The van der Waals surface area contributed by atoms with Crippen LogP contribution in [0.25, 0.3) is 12.2 Å². The molecule has 4 rings (SSSR count). The van der Waals surface area contributed by atoms with Crippen LogP contribution in [0.4, 0.5) is 0 Å². The van der Waals surface area contributed by atoms with Gasteiger partial charge in [0.1, 0.15) is 0 Å². The number of hydrogen-bond acceptors (Lipinski definition) is 3. The molecule has 0 atom stereocenters. The van der Waals surface area contributed by atoms with Gasteiger partial charge in [0.2, 0.25) is 0 Å². The molecule has 134 valence electrons. The van der Waals surface area contributed by atoms with E-state index in [1.807, 2.05) is 36.4 Å². The van der Waals surface area contributed by atoms with Gasteiger partial charge >= 0.3 is 5.97 Å². The second-order valence-corrected chi connectivity index (χ2v) is 8.52. The van der Waals surface area contributed by atoms with E-state index in [9.17, 15) is 9.90 Å². The summed E-state index contributed by atoms with van der Waals surface area (Å²) in [6, 6.07) is 16.4. The summed E-state index contributed by atoms with van der Waals surface area (Å²) in [5, 5.41) is 9.57. The molecule has 0 aromatic heterocycles. The van der Waals surface area contributed by atoms with Crippen molar-refractivity contribution < 1.29 is 9.90 Å². The molecular weight excluding hydrogens is 372 g/mol. The zero-order valence-electron chi connectivity index (χ0n) is 14.5. The van der Waals surface area contributed by atoms with E-state index in [0.29, 0.717) is 0 Å². The summed E-state index contributed by atoms with van der Waals surface area (Å²) >= 11 is 3.33. The van der Waals surface area contributed by atoms with Gasteiger partial charge in [-0.3, -0.25) is 4.79 Å². The third kappa shape index (κ3) is 4.12. The van der Waals surface area contributed by atoms with Crippen molar-refractivity contribution in [1.82, 2.24) is 0 Å². The number of carboxylic acid groups (broad SMARTS) is 1. The molecule has 2 aliphatic heterocycles. The summed E-state index contributed by atoms with van der Waals surface area (Å²) in [6.07, 6.45) is 12.4. The fraction of sp³-hybridized carbons (Fsp3) is 0.0870. The van der Waals surface area contributed by atoms with Crippen LogP contribution in [0.2, 0.25) is 0 Å². The Kier molecular flexibility index (Phi) is 5.37. The lowest BCUT2D eigenvalue weighted by molar-refractivity contribution is -0.137. The van der Waals surface area contributed by atoms with Crippen molar-refractivity contribution in [2.24, 2.45) is 5.92 Å². The number of rotatable bonds is 4. The molecule has 27 heavy (non-hydrogen) atoms. The maximum atomic E-state index is 11.6. The first-order chi connectivity index (χ1) is 13.2. The number of aliphatic carboxylic acids is 1. The first-order valence-corrected chi connectivity index (χ1v) is 10.4. The minimum absolute atomic E-state index is 0.0731. The van der Waals surface area contributed by atoms with Gasteiger partial charge in [-0.1, -0.05) is 96.4 Å². The van der Waals surface area contributed by atoms with Crippen LogP contribution in [-0.4, -0.2) is 11.1 Å². The molecule has 0 spiro atoms. The molecule has 0 radical (unpaired) electrons. The van der Waals surface area contributed by atoms with Crippen LogP contribution in [-0.2, 0) is 4.79 Å². The molecule has 1 N–H and O–H groups in total. The molecule has 2 aromatic carbocycles. The number of allylic oxidation sites excluding steroid dienone is 6. The Morgan fingerprint density at radius 3 is 1.78 bits per heavy atom. The fourth-order valence-electron chi connectivity index (χ4n) is 3.13. The van der Waals surface area contributed by atoms with E-state index in [1.54, 1.807) is 23.5 Å². The lowest BCUT2D eigenvalue weighted by atomic mass is 10.0. The van der Waals surface area contributed by atoms with Crippen LogP contribution in [0.1, 0.15) is 17.5 Å². The zero-order chi connectivity index (χ0) is 18.6. The lowest BCUT2D eigenvalue weighted by Crippen LogP contribution is -2.11. The predicted octanol–water partition coefficient (Wildman–Crippen LogP) is 6.48. The highest BCUT2D eigenvalue weighted by molar-refractivity contribution is 8.04. The second kappa shape index (κ2) is 8.07. The molecule has 4 heteroatoms. The van der Waals surface area contributed by atoms with Gasteiger partial charge in [-0.15, -0.1) is 0 Å². The third-order valence-corrected chi connectivity index (χ3v) is 6.93. The molecule has 2 heterocycles. The van der Waals surface area contributed by atoms with Crippen molar-refractivity contribution in [2.45, 2.75) is 16.2 Å². The molecule has 0 aliphatic carbocycles. The zero-order valence-corrected chi connectivity index (χ0v) is 16.2. The summed E-state index contributed by atoms with van der Waals surface area (Å²) < 4.78 is 0. The van der Waals surface area contributed by atoms with E-state index in [-0.39, 0.29) is 12.3 Å². The Bertz CT molecular complexity index is 925. The van der Waals surface area contributed by atoms with E-state index in [2.05, 4.69) is 48.6 Å². The average Bonchev–Trinajstić information content (AvgIpc) is 3.01. The molecule has 0 saturated carbocycles. The smallest absolute Gasteiger partial charge is 0.304 e. The molecule has 0 unspecified atom stereocenters. The maximum Gasteiger partial charge on any atom is 0.304 e. The van der Waals surface area contributed by atoms with Gasteiger partial charge in [-0.2, -0.15) is 0 Å². The molecule has 0 fully saturated rings. The Hall–Kier alpha value is -2.43. The minimum Gasteiger partial charge on any atom is -0.481 e. The normalized spacial score (nSPS) is 15.3. The highest BCUT2D eigenvalue weighted by Crippen LogP contribution is 2.46. The Labute approximate surface area is 167 Å². The monoisotopic (exact) mass is 390 g/mol. The van der Waals surface area contributed by atoms with Crippen LogP contribution in [0.5, 0.6) is 0 Å². The van der Waals surface area contributed by atoms with Gasteiger partial charge in [0, 0.05) is 15.7 Å². The summed E-state index contributed by atoms with van der Waals surface area (Å²) in [6.45, 7) is 0. The lowest BCUT2D eigenvalue weighted by Gasteiger charge is -2.21. The van der Waals surface area contributed by atoms with Crippen molar-refractivity contribution in [3.63, 3.8) is 0 Å². The molecule has 2 aliphatic rings. The Morgan fingerprint density at radius 2 is 1.30 bits per heavy atom. The highest BCUT2D eigenvalue weighted by atomic mass is 32.2. The average molecular weight is 391 g/mol. The van der Waals surface area contributed by atoms with E-state index >= 15 is 0 Å². The molecule has 0 bridgehead atoms. The maximum absolute atomic E-state index is 11.6. The molecule has 0 saturated heterocycles. The predicted molar refractivity (Wildman–Crippen MR) is 115 cm³/mol. The fourth-order valence-corrected chi connectivity index (χ4v) is 5.51. The number of thioether (sulfide) groups is 2. The van der Waals surface area contributed by atoms with Crippen LogP contribution in [0.3, 0.4) is 0 Å². The molecule has 2 aromatic rings. The first-order valence-electron chi connectivity index (χ1n) is 8.73. The topological polar surface area (TPSA) is 37.3 Å². The van der Waals surface area contributed by atoms with Crippen molar-refractivity contribution in [2.75, 3.05) is 0 Å². The summed E-state index contributed by atoms with van der Waals surface area (Å²) in [4.78, 5) is 16.1. The van der Waals surface area contributed by atoms with Gasteiger partial charge in [-0.25, -0.2) is 0 Å². The van der Waals surface area contributed by atoms with E-state index in [4.69, 9.17) is 0 Å². The van der Waals surface area contributed by atoms with Crippen molar-refractivity contribution in [3.05, 3.63) is 93.8 Å². The molecule has 0 amide bonds. The highest BCUT2D eigenvalue weighted by Gasteiger charge is 2.26. The van der Waals surface area contributed by atoms with Gasteiger partial charge in [-0.05, 0) is 33.1 Å². The van der Waals surface area contributed by atoms with Gasteiger partial charge in [0.15, 0.2) is 0 Å². The van der Waals surface area contributed by atoms with Crippen LogP contribution in [0.15, 0.2) is 92.4 Å². The largest absolute Gasteiger partial charge is 0.481 e. The molecule has 2 nitrogen and oxygen atoms in total. The number of benzene rings is 2. The molecular formula is C23H18O2S2. The quantitative estimate of drug-likeness (QED) is 0.648. The van der Waals surface area contributed by atoms with Crippen molar-refractivity contribution in [1.29, 1.82) is 0 Å². The SMILES string of the molecule is O=C(O)CC(C1=CC=Cc2ccccc2S1)C1=CC=Cc2ccccc2S1. The Balaban J connectivity index is 1.70.